The van der Waals surface area contributed by atoms with Crippen molar-refractivity contribution in [2.45, 2.75) is 18.7 Å². The van der Waals surface area contributed by atoms with Gasteiger partial charge in [0.1, 0.15) is 10.7 Å². The highest BCUT2D eigenvalue weighted by atomic mass is 32.2. The fourth-order valence-electron chi connectivity index (χ4n) is 1.79. The third kappa shape index (κ3) is 2.87. The largest absolute Gasteiger partial charge is 0.476 e. The lowest BCUT2D eigenvalue weighted by atomic mass is 10.2. The molecule has 112 valence electrons. The SMILES string of the molecule is Cc1ccc(F)cc1NS(=O)(=O)c1c(C(=O)O)n[nH]c1C. The molecule has 0 saturated carbocycles. The monoisotopic (exact) mass is 313 g/mol. The standard InChI is InChI=1S/C12H12FN3O4S/c1-6-3-4-8(13)5-9(6)16-21(19,20)11-7(2)14-15-10(11)12(17)18/h3-5,16H,1-2H3,(H,14,15)(H,17,18). The van der Waals surface area contributed by atoms with Gasteiger partial charge >= 0.3 is 5.97 Å². The Morgan fingerprint density at radius 3 is 2.67 bits per heavy atom. The second kappa shape index (κ2) is 5.17. The number of anilines is 1. The van der Waals surface area contributed by atoms with Crippen LogP contribution in [0.25, 0.3) is 0 Å². The van der Waals surface area contributed by atoms with Gasteiger partial charge in [-0.15, -0.1) is 0 Å². The summed E-state index contributed by atoms with van der Waals surface area (Å²) >= 11 is 0. The molecule has 0 spiro atoms. The number of halogens is 1. The van der Waals surface area contributed by atoms with Gasteiger partial charge in [-0.2, -0.15) is 5.10 Å². The van der Waals surface area contributed by atoms with Gasteiger partial charge in [0.2, 0.25) is 0 Å². The van der Waals surface area contributed by atoms with Gasteiger partial charge in [0.15, 0.2) is 5.69 Å². The molecular formula is C12H12FN3O4S. The van der Waals surface area contributed by atoms with E-state index in [9.17, 15) is 17.6 Å². The van der Waals surface area contributed by atoms with Crippen LogP contribution in [0.15, 0.2) is 23.1 Å². The molecule has 0 amide bonds. The Balaban J connectivity index is 2.51. The van der Waals surface area contributed by atoms with Gasteiger partial charge in [-0.3, -0.25) is 9.82 Å². The number of benzene rings is 1. The summed E-state index contributed by atoms with van der Waals surface area (Å²) in [6.45, 7) is 2.98. The lowest BCUT2D eigenvalue weighted by Crippen LogP contribution is -2.17. The van der Waals surface area contributed by atoms with E-state index in [0.717, 1.165) is 6.07 Å². The van der Waals surface area contributed by atoms with Crippen LogP contribution in [0.1, 0.15) is 21.7 Å². The average molecular weight is 313 g/mol. The minimum absolute atomic E-state index is 0.0342. The number of H-pyrrole nitrogens is 1. The Bertz CT molecular complexity index is 814. The van der Waals surface area contributed by atoms with Gasteiger partial charge in [0.25, 0.3) is 10.0 Å². The van der Waals surface area contributed by atoms with Crippen molar-refractivity contribution in [3.8, 4) is 0 Å². The smallest absolute Gasteiger partial charge is 0.357 e. The molecule has 0 unspecified atom stereocenters. The maximum Gasteiger partial charge on any atom is 0.357 e. The van der Waals surface area contributed by atoms with Crippen molar-refractivity contribution >= 4 is 21.7 Å². The van der Waals surface area contributed by atoms with Crippen molar-refractivity contribution in [2.75, 3.05) is 4.72 Å². The molecule has 0 fully saturated rings. The van der Waals surface area contributed by atoms with E-state index in [4.69, 9.17) is 5.11 Å². The van der Waals surface area contributed by atoms with Crippen molar-refractivity contribution in [2.24, 2.45) is 0 Å². The molecule has 0 aliphatic heterocycles. The first-order chi connectivity index (χ1) is 9.72. The molecule has 0 atom stereocenters. The predicted molar refractivity (Wildman–Crippen MR) is 72.2 cm³/mol. The van der Waals surface area contributed by atoms with E-state index in [1.165, 1.54) is 19.1 Å². The van der Waals surface area contributed by atoms with Gasteiger partial charge in [0.05, 0.1) is 11.4 Å². The number of aromatic amines is 1. The van der Waals surface area contributed by atoms with Crippen LogP contribution in [0, 0.1) is 19.7 Å². The topological polar surface area (TPSA) is 112 Å². The molecule has 1 heterocycles. The zero-order valence-electron chi connectivity index (χ0n) is 11.1. The number of aromatic carboxylic acids is 1. The molecule has 0 bridgehead atoms. The number of aromatic nitrogens is 2. The first-order valence-electron chi connectivity index (χ1n) is 5.79. The molecule has 0 saturated heterocycles. The quantitative estimate of drug-likeness (QED) is 0.794. The van der Waals surface area contributed by atoms with E-state index >= 15 is 0 Å². The minimum Gasteiger partial charge on any atom is -0.476 e. The third-order valence-electron chi connectivity index (χ3n) is 2.81. The molecule has 0 aliphatic carbocycles. The summed E-state index contributed by atoms with van der Waals surface area (Å²) in [7, 11) is -4.21. The molecular weight excluding hydrogens is 301 g/mol. The molecule has 0 aliphatic rings. The summed E-state index contributed by atoms with van der Waals surface area (Å²) < 4.78 is 40.0. The highest BCUT2D eigenvalue weighted by Crippen LogP contribution is 2.24. The highest BCUT2D eigenvalue weighted by Gasteiger charge is 2.28. The van der Waals surface area contributed by atoms with Crippen molar-refractivity contribution in [3.63, 3.8) is 0 Å². The van der Waals surface area contributed by atoms with Crippen molar-refractivity contribution in [1.29, 1.82) is 0 Å². The molecule has 2 rings (SSSR count). The maximum atomic E-state index is 13.2. The number of nitrogens with zero attached hydrogens (tertiary/aromatic N) is 1. The number of aryl methyl sites for hydroxylation is 2. The van der Waals surface area contributed by atoms with Crippen LogP contribution in [0.5, 0.6) is 0 Å². The fraction of sp³-hybridized carbons (Fsp3) is 0.167. The Hall–Kier alpha value is -2.42. The number of hydrogen-bond acceptors (Lipinski definition) is 4. The predicted octanol–water partition coefficient (Wildman–Crippen LogP) is 1.66. The van der Waals surface area contributed by atoms with Crippen LogP contribution < -0.4 is 4.72 Å². The molecule has 9 heteroatoms. The number of carboxylic acids is 1. The van der Waals surface area contributed by atoms with E-state index in [2.05, 4.69) is 14.9 Å². The Morgan fingerprint density at radius 2 is 2.05 bits per heavy atom. The summed E-state index contributed by atoms with van der Waals surface area (Å²) in [5.74, 6) is -2.09. The number of carbonyl (C=O) groups is 1. The van der Waals surface area contributed by atoms with Crippen LogP contribution in [0.4, 0.5) is 10.1 Å². The van der Waals surface area contributed by atoms with Crippen LogP contribution in [0.3, 0.4) is 0 Å². The average Bonchev–Trinajstić information content (AvgIpc) is 2.76. The van der Waals surface area contributed by atoms with E-state index in [-0.39, 0.29) is 11.4 Å². The Kier molecular flexibility index (Phi) is 3.69. The number of rotatable bonds is 4. The van der Waals surface area contributed by atoms with Gasteiger partial charge in [-0.25, -0.2) is 17.6 Å². The maximum absolute atomic E-state index is 13.2. The first kappa shape index (κ1) is 15.0. The van der Waals surface area contributed by atoms with Crippen molar-refractivity contribution in [1.82, 2.24) is 10.2 Å². The molecule has 7 nitrogen and oxygen atoms in total. The molecule has 1 aromatic carbocycles. The highest BCUT2D eigenvalue weighted by molar-refractivity contribution is 7.92. The zero-order chi connectivity index (χ0) is 15.8. The molecule has 3 N–H and O–H groups in total. The number of nitrogens with one attached hydrogen (secondary N) is 2. The third-order valence-corrected chi connectivity index (χ3v) is 4.33. The number of carboxylic acid groups (broad SMARTS) is 1. The summed E-state index contributed by atoms with van der Waals surface area (Å²) in [5.41, 5.74) is -0.00653. The fourth-order valence-corrected chi connectivity index (χ4v) is 3.24. The number of hydrogen-bond donors (Lipinski definition) is 3. The second-order valence-electron chi connectivity index (χ2n) is 4.40. The second-order valence-corrected chi connectivity index (χ2v) is 6.02. The van der Waals surface area contributed by atoms with E-state index in [0.29, 0.717) is 5.56 Å². The summed E-state index contributed by atoms with van der Waals surface area (Å²) in [6.07, 6.45) is 0. The van der Waals surface area contributed by atoms with Crippen LogP contribution in [0.2, 0.25) is 0 Å². The van der Waals surface area contributed by atoms with Crippen LogP contribution in [-0.4, -0.2) is 29.7 Å². The minimum atomic E-state index is -4.21. The molecule has 21 heavy (non-hydrogen) atoms. The molecule has 2 aromatic rings. The lowest BCUT2D eigenvalue weighted by Gasteiger charge is -2.10. The van der Waals surface area contributed by atoms with Gasteiger partial charge in [-0.1, -0.05) is 6.07 Å². The van der Waals surface area contributed by atoms with Crippen molar-refractivity contribution < 1.29 is 22.7 Å². The zero-order valence-corrected chi connectivity index (χ0v) is 12.0. The van der Waals surface area contributed by atoms with Crippen LogP contribution >= 0.6 is 0 Å². The summed E-state index contributed by atoms with van der Waals surface area (Å²) in [5, 5.41) is 14.7. The van der Waals surface area contributed by atoms with Crippen molar-refractivity contribution in [3.05, 3.63) is 41.0 Å². The summed E-state index contributed by atoms with van der Waals surface area (Å²) in [6, 6.07) is 3.62. The molecule has 1 aromatic heterocycles. The lowest BCUT2D eigenvalue weighted by molar-refractivity contribution is 0.0686. The van der Waals surface area contributed by atoms with Crippen LogP contribution in [-0.2, 0) is 10.0 Å². The Morgan fingerprint density at radius 1 is 1.38 bits per heavy atom. The van der Waals surface area contributed by atoms with E-state index < -0.39 is 32.4 Å². The van der Waals surface area contributed by atoms with Gasteiger partial charge in [-0.05, 0) is 31.5 Å². The van der Waals surface area contributed by atoms with E-state index in [1.54, 1.807) is 6.92 Å². The Labute approximate surface area is 119 Å². The molecule has 0 radical (unpaired) electrons. The normalized spacial score (nSPS) is 11.4. The first-order valence-corrected chi connectivity index (χ1v) is 7.28. The summed E-state index contributed by atoms with van der Waals surface area (Å²) in [4.78, 5) is 10.5. The van der Waals surface area contributed by atoms with Gasteiger partial charge < -0.3 is 5.11 Å². The van der Waals surface area contributed by atoms with Gasteiger partial charge in [0, 0.05) is 0 Å². The number of sulfonamides is 1. The van der Waals surface area contributed by atoms with E-state index in [1.807, 2.05) is 0 Å².